The van der Waals surface area contributed by atoms with Crippen molar-refractivity contribution in [1.82, 2.24) is 10.2 Å². The number of benzene rings is 1. The van der Waals surface area contributed by atoms with Gasteiger partial charge in [0.05, 0.1) is 0 Å². The van der Waals surface area contributed by atoms with Crippen molar-refractivity contribution in [3.63, 3.8) is 0 Å². The van der Waals surface area contributed by atoms with Crippen LogP contribution in [0, 0.1) is 5.92 Å². The van der Waals surface area contributed by atoms with E-state index in [1.807, 2.05) is 0 Å². The molecule has 31 heavy (non-hydrogen) atoms. The van der Waals surface area contributed by atoms with Crippen LogP contribution in [0.1, 0.15) is 52.0 Å². The minimum Gasteiger partial charge on any atom is -0.426 e. The topological polar surface area (TPSA) is 102 Å². The van der Waals surface area contributed by atoms with E-state index in [0.29, 0.717) is 23.4 Å². The molecular formula is C22H29ClN2O6. The van der Waals surface area contributed by atoms with E-state index < -0.39 is 30.4 Å². The summed E-state index contributed by atoms with van der Waals surface area (Å²) >= 11 is 6.37. The van der Waals surface area contributed by atoms with Crippen molar-refractivity contribution in [3.05, 3.63) is 34.9 Å². The Morgan fingerprint density at radius 1 is 1.16 bits per heavy atom. The molecule has 1 unspecified atom stereocenters. The molecule has 170 valence electrons. The molecule has 0 radical (unpaired) electrons. The lowest BCUT2D eigenvalue weighted by molar-refractivity contribution is -0.156. The van der Waals surface area contributed by atoms with Gasteiger partial charge in [0.2, 0.25) is 12.7 Å². The van der Waals surface area contributed by atoms with Crippen molar-refractivity contribution < 1.29 is 28.7 Å². The summed E-state index contributed by atoms with van der Waals surface area (Å²) in [5.74, 6) is -1.43. The Kier molecular flexibility index (Phi) is 8.44. The van der Waals surface area contributed by atoms with Gasteiger partial charge in [0.1, 0.15) is 11.6 Å². The Morgan fingerprint density at radius 3 is 2.45 bits per heavy atom. The maximum Gasteiger partial charge on any atom is 0.413 e. The summed E-state index contributed by atoms with van der Waals surface area (Å²) in [5, 5.41) is 2.90. The molecule has 1 aliphatic carbocycles. The van der Waals surface area contributed by atoms with Gasteiger partial charge < -0.3 is 14.8 Å². The van der Waals surface area contributed by atoms with Gasteiger partial charge >= 0.3 is 12.1 Å². The number of nitrogens with zero attached hydrogens (tertiary/aromatic N) is 1. The SMILES string of the molecule is CC(C)C(=O)NC(C)C(=O)OCOC(=O)N(C)[C@]1(c2ccccc2Cl)CCCCC1=O. The highest BCUT2D eigenvalue weighted by Gasteiger charge is 2.48. The van der Waals surface area contributed by atoms with Crippen LogP contribution in [0.3, 0.4) is 0 Å². The first-order valence-electron chi connectivity index (χ1n) is 10.3. The van der Waals surface area contributed by atoms with Gasteiger partial charge in [-0.15, -0.1) is 0 Å². The fourth-order valence-corrected chi connectivity index (χ4v) is 3.88. The van der Waals surface area contributed by atoms with Gasteiger partial charge in [-0.2, -0.15) is 0 Å². The molecule has 8 nitrogen and oxygen atoms in total. The fourth-order valence-electron chi connectivity index (χ4n) is 3.58. The van der Waals surface area contributed by atoms with Gasteiger partial charge in [-0.25, -0.2) is 9.59 Å². The van der Waals surface area contributed by atoms with Gasteiger partial charge in [0.25, 0.3) is 0 Å². The maximum atomic E-state index is 13.0. The molecule has 0 spiro atoms. The maximum absolute atomic E-state index is 13.0. The van der Waals surface area contributed by atoms with Gasteiger partial charge in [-0.1, -0.05) is 43.6 Å². The molecule has 0 saturated heterocycles. The minimum absolute atomic E-state index is 0.117. The first-order valence-corrected chi connectivity index (χ1v) is 10.6. The lowest BCUT2D eigenvalue weighted by Crippen LogP contribution is -2.54. The second kappa shape index (κ2) is 10.6. The number of nitrogens with one attached hydrogen (secondary N) is 1. The second-order valence-corrected chi connectivity index (χ2v) is 8.31. The molecule has 0 heterocycles. The zero-order valence-electron chi connectivity index (χ0n) is 18.3. The first kappa shape index (κ1) is 24.7. The molecule has 2 rings (SSSR count). The summed E-state index contributed by atoms with van der Waals surface area (Å²) in [4.78, 5) is 50.7. The number of ether oxygens (including phenoxy) is 2. The van der Waals surface area contributed by atoms with Crippen LogP contribution in [-0.2, 0) is 29.4 Å². The van der Waals surface area contributed by atoms with E-state index in [0.717, 1.165) is 12.8 Å². The summed E-state index contributed by atoms with van der Waals surface area (Å²) in [6.07, 6.45) is 1.41. The Bertz CT molecular complexity index is 843. The molecule has 9 heteroatoms. The highest BCUT2D eigenvalue weighted by molar-refractivity contribution is 6.31. The lowest BCUT2D eigenvalue weighted by atomic mass is 9.74. The summed E-state index contributed by atoms with van der Waals surface area (Å²) < 4.78 is 10.0. The fraction of sp³-hybridized carbons (Fsp3) is 0.545. The van der Waals surface area contributed by atoms with Crippen LogP contribution in [0.25, 0.3) is 0 Å². The molecule has 0 aromatic heterocycles. The predicted octanol–water partition coefficient (Wildman–Crippen LogP) is 3.41. The van der Waals surface area contributed by atoms with Crippen molar-refractivity contribution in [2.75, 3.05) is 13.8 Å². The number of ketones is 1. The number of Topliss-reactive ketones (excluding diaryl/α,β-unsaturated/α-hetero) is 1. The zero-order chi connectivity index (χ0) is 23.2. The number of hydrogen-bond acceptors (Lipinski definition) is 6. The van der Waals surface area contributed by atoms with Crippen LogP contribution < -0.4 is 5.32 Å². The van der Waals surface area contributed by atoms with Gasteiger partial charge in [-0.05, 0) is 32.3 Å². The van der Waals surface area contributed by atoms with E-state index in [-0.39, 0.29) is 17.6 Å². The lowest BCUT2D eigenvalue weighted by Gasteiger charge is -2.43. The quantitative estimate of drug-likeness (QED) is 0.502. The smallest absolute Gasteiger partial charge is 0.413 e. The molecule has 1 fully saturated rings. The van der Waals surface area contributed by atoms with Crippen LogP contribution in [0.5, 0.6) is 0 Å². The van der Waals surface area contributed by atoms with Gasteiger partial charge in [0, 0.05) is 30.0 Å². The average Bonchev–Trinajstić information content (AvgIpc) is 2.73. The zero-order valence-corrected chi connectivity index (χ0v) is 19.0. The molecule has 0 aliphatic heterocycles. The number of esters is 1. The highest BCUT2D eigenvalue weighted by atomic mass is 35.5. The average molecular weight is 453 g/mol. The van der Waals surface area contributed by atoms with Crippen LogP contribution >= 0.6 is 11.6 Å². The van der Waals surface area contributed by atoms with Crippen LogP contribution in [0.15, 0.2) is 24.3 Å². The minimum atomic E-state index is -1.24. The number of hydrogen-bond donors (Lipinski definition) is 1. The number of halogens is 1. The molecular weight excluding hydrogens is 424 g/mol. The van der Waals surface area contributed by atoms with Crippen molar-refractivity contribution in [2.24, 2.45) is 5.92 Å². The summed E-state index contributed by atoms with van der Waals surface area (Å²) in [6.45, 7) is 4.24. The van der Waals surface area contributed by atoms with Crippen LogP contribution in [0.4, 0.5) is 4.79 Å². The highest BCUT2D eigenvalue weighted by Crippen LogP contribution is 2.42. The largest absolute Gasteiger partial charge is 0.426 e. The molecule has 2 amide bonds. The van der Waals surface area contributed by atoms with Gasteiger partial charge in [0.15, 0.2) is 5.78 Å². The molecule has 2 atom stereocenters. The number of carbonyl (C=O) groups is 4. The molecule has 1 aromatic carbocycles. The van der Waals surface area contributed by atoms with Crippen LogP contribution in [-0.4, -0.2) is 48.5 Å². The monoisotopic (exact) mass is 452 g/mol. The molecule has 1 saturated carbocycles. The van der Waals surface area contributed by atoms with Crippen molar-refractivity contribution >= 4 is 35.4 Å². The van der Waals surface area contributed by atoms with Crippen molar-refractivity contribution in [3.8, 4) is 0 Å². The second-order valence-electron chi connectivity index (χ2n) is 7.91. The number of carbonyl (C=O) groups excluding carboxylic acids is 4. The third-order valence-electron chi connectivity index (χ3n) is 5.44. The van der Waals surface area contributed by atoms with E-state index in [1.54, 1.807) is 38.1 Å². The Morgan fingerprint density at radius 2 is 1.84 bits per heavy atom. The summed E-state index contributed by atoms with van der Waals surface area (Å²) in [7, 11) is 1.47. The standard InChI is InChI=1S/C22H29ClN2O6/c1-14(2)19(27)24-15(3)20(28)30-13-31-21(29)25(4)22(12-8-7-11-18(22)26)16-9-5-6-10-17(16)23/h5-6,9-10,14-15H,7-8,11-13H2,1-4H3,(H,24,27)/t15?,22-/m0/s1. The normalized spacial score (nSPS) is 19.5. The van der Waals surface area contributed by atoms with E-state index in [2.05, 4.69) is 5.32 Å². The molecule has 1 aliphatic rings. The van der Waals surface area contributed by atoms with E-state index in [1.165, 1.54) is 18.9 Å². The van der Waals surface area contributed by atoms with Crippen molar-refractivity contribution in [2.45, 2.75) is 58.0 Å². The summed E-state index contributed by atoms with van der Waals surface area (Å²) in [6, 6.07) is 6.03. The van der Waals surface area contributed by atoms with Crippen molar-refractivity contribution in [1.29, 1.82) is 0 Å². The number of rotatable bonds is 7. The Balaban J connectivity index is 2.06. The third kappa shape index (κ3) is 5.55. The van der Waals surface area contributed by atoms with E-state index in [9.17, 15) is 19.2 Å². The predicted molar refractivity (Wildman–Crippen MR) is 114 cm³/mol. The first-order chi connectivity index (χ1) is 14.6. The Labute approximate surface area is 187 Å². The van der Waals surface area contributed by atoms with E-state index in [4.69, 9.17) is 21.1 Å². The van der Waals surface area contributed by atoms with E-state index >= 15 is 0 Å². The van der Waals surface area contributed by atoms with Gasteiger partial charge in [-0.3, -0.25) is 14.5 Å². The molecule has 1 aromatic rings. The summed E-state index contributed by atoms with van der Waals surface area (Å²) in [5.41, 5.74) is -0.696. The number of amides is 2. The third-order valence-corrected chi connectivity index (χ3v) is 5.77. The Hall–Kier alpha value is -2.61. The van der Waals surface area contributed by atoms with Crippen LogP contribution in [0.2, 0.25) is 5.02 Å². The number of likely N-dealkylation sites (N-methyl/N-ethyl adjacent to an activating group) is 1. The molecule has 1 N–H and O–H groups in total. The molecule has 0 bridgehead atoms.